The molecule has 0 aliphatic heterocycles. The van der Waals surface area contributed by atoms with Gasteiger partial charge in [-0.3, -0.25) is 57.9 Å². The van der Waals surface area contributed by atoms with Crippen LogP contribution in [0.3, 0.4) is 0 Å². The zero-order valence-electron chi connectivity index (χ0n) is 86.9. The van der Waals surface area contributed by atoms with E-state index in [1.165, 1.54) is 275 Å². The summed E-state index contributed by atoms with van der Waals surface area (Å²) in [6.45, 7) is 7.13. The summed E-state index contributed by atoms with van der Waals surface area (Å²) in [5, 5.41) is 48.6. The summed E-state index contributed by atoms with van der Waals surface area (Å²) in [7, 11) is 0. The molecule has 0 aliphatic carbocycles. The molecule has 24 heteroatoms. The van der Waals surface area contributed by atoms with Crippen molar-refractivity contribution in [3.63, 3.8) is 0 Å². The van der Waals surface area contributed by atoms with Crippen LogP contribution in [0.5, 0.6) is 0 Å². The van der Waals surface area contributed by atoms with Gasteiger partial charge in [-0.2, -0.15) is 0 Å². The molecule has 0 aromatic carbocycles. The lowest BCUT2D eigenvalue weighted by molar-refractivity contribution is -0.172. The molecule has 0 spiro atoms. The first-order valence-corrected chi connectivity index (χ1v) is 55.8. The fraction of sp³-hybridized carbons (Fsp3) is 0.909. The Bertz CT molecular complexity index is 2470. The Morgan fingerprint density at radius 2 is 0.425 bits per heavy atom. The summed E-state index contributed by atoms with van der Waals surface area (Å²) < 4.78 is 37.3. The van der Waals surface area contributed by atoms with Crippen molar-refractivity contribution >= 4 is 59.9 Å². The number of carboxylic acids is 5. The molecule has 0 fully saturated rings. The standard InChI is InChI=1S/C110H205N3O21/c1-7-13-19-25-31-37-43-49-55-61-67-75-96(76-68-62-56-50-44-38-32-26-20-14-8-2)106(125)131-92-110(93-132-107(126)97(77-69-63-57-51-45-39-33-27-21-15-9-3)78-70-64-58-52-46-40-34-28-22-16-10-4,94-133-108(127)98(79-71-65-59-53-47-41-35-29-23-17-11-5)80-72-66-60-54-48-42-36-30-24-18-12-6)95-134-109(128)130-86-74-73-85-129-104(122)87-99(105(123)124)113(83-81-111(88-100(114)115)89-101(116)117)84-82-112(90-102(118)119)91-103(120)121/h96-99H,7-95H2,1-6H3,(H,114,115)(H,116,117)(H,118,119)(H,120,121)(H,123,124). The second-order valence-corrected chi connectivity index (χ2v) is 39.8. The molecule has 0 bridgehead atoms. The highest BCUT2D eigenvalue weighted by Gasteiger charge is 2.41. The van der Waals surface area contributed by atoms with Crippen molar-refractivity contribution < 1.29 is 102 Å². The number of ether oxygens (including phenoxy) is 6. The van der Waals surface area contributed by atoms with E-state index < -0.39 is 110 Å². The van der Waals surface area contributed by atoms with Gasteiger partial charge in [0.25, 0.3) is 0 Å². The molecule has 786 valence electrons. The minimum atomic E-state index is -1.67. The smallest absolute Gasteiger partial charge is 0.480 e. The van der Waals surface area contributed by atoms with Gasteiger partial charge in [0.1, 0.15) is 37.9 Å². The van der Waals surface area contributed by atoms with E-state index in [-0.39, 0.29) is 90.0 Å². The molecule has 24 nitrogen and oxygen atoms in total. The maximum absolute atomic E-state index is 15.3. The molecule has 0 aromatic rings. The highest BCUT2D eigenvalue weighted by Crippen LogP contribution is 2.31. The average molecular weight is 1910 g/mol. The molecule has 1 atom stereocenters. The fourth-order valence-corrected chi connectivity index (χ4v) is 18.3. The number of aliphatic carboxylic acids is 5. The van der Waals surface area contributed by atoms with Crippen LogP contribution in [0, 0.1) is 23.2 Å². The lowest BCUT2D eigenvalue weighted by atomic mass is 9.90. The Balaban J connectivity index is 7.93. The van der Waals surface area contributed by atoms with Gasteiger partial charge in [0.2, 0.25) is 0 Å². The number of rotatable bonds is 106. The van der Waals surface area contributed by atoms with Crippen LogP contribution in [0.2, 0.25) is 0 Å². The van der Waals surface area contributed by atoms with Gasteiger partial charge in [-0.1, -0.05) is 465 Å². The molecular formula is C110H205N3O21. The van der Waals surface area contributed by atoms with Gasteiger partial charge in [0.15, 0.2) is 0 Å². The van der Waals surface area contributed by atoms with Crippen LogP contribution in [0.25, 0.3) is 0 Å². The molecule has 0 heterocycles. The lowest BCUT2D eigenvalue weighted by Gasteiger charge is -2.33. The summed E-state index contributed by atoms with van der Waals surface area (Å²) in [6, 6.07) is -1.67. The predicted molar refractivity (Wildman–Crippen MR) is 541 cm³/mol. The highest BCUT2D eigenvalue weighted by molar-refractivity contribution is 5.81. The van der Waals surface area contributed by atoms with Crippen LogP contribution in [-0.4, -0.2) is 198 Å². The van der Waals surface area contributed by atoms with Crippen LogP contribution in [0.4, 0.5) is 4.79 Å². The second-order valence-electron chi connectivity index (χ2n) is 39.8. The molecule has 0 amide bonds. The van der Waals surface area contributed by atoms with E-state index in [1.807, 2.05) is 0 Å². The van der Waals surface area contributed by atoms with Gasteiger partial charge in [-0.05, 0) is 51.4 Å². The SMILES string of the molecule is CCCCCCCCCCCCCC(CCCCCCCCCCCCC)C(=O)OCC(COC(=O)OCCCCOC(=O)CC(C(=O)O)N(CCN(CC(=O)O)CC(=O)O)CCN(CC(=O)O)CC(=O)O)(COC(=O)C(CCCCCCCCCCCCC)CCCCCCCCCCCCC)COC(=O)C(CCCCCCCCCCCCC)CCCCCCCCCCCCC. The topological polar surface area (TPSA) is 337 Å². The van der Waals surface area contributed by atoms with Crippen LogP contribution >= 0.6 is 0 Å². The van der Waals surface area contributed by atoms with Gasteiger partial charge in [-0.25, -0.2) is 4.79 Å². The third kappa shape index (κ3) is 82.3. The van der Waals surface area contributed by atoms with Crippen molar-refractivity contribution in [2.45, 2.75) is 529 Å². The van der Waals surface area contributed by atoms with Gasteiger partial charge in [-0.15, -0.1) is 0 Å². The van der Waals surface area contributed by atoms with Crippen molar-refractivity contribution in [3.8, 4) is 0 Å². The Hall–Kier alpha value is -5.62. The van der Waals surface area contributed by atoms with E-state index in [0.717, 1.165) is 164 Å². The number of nitrogens with zero attached hydrogens (tertiary/aromatic N) is 3. The molecule has 0 aliphatic rings. The molecule has 5 N–H and O–H groups in total. The van der Waals surface area contributed by atoms with Crippen molar-refractivity contribution in [1.29, 1.82) is 0 Å². The monoisotopic (exact) mass is 1900 g/mol. The second kappa shape index (κ2) is 94.9. The molecule has 0 saturated carbocycles. The van der Waals surface area contributed by atoms with E-state index in [0.29, 0.717) is 38.5 Å². The molecular weight excluding hydrogens is 1700 g/mol. The number of carbonyl (C=O) groups is 10. The Kier molecular flexibility index (Phi) is 91.0. The first kappa shape index (κ1) is 128. The maximum Gasteiger partial charge on any atom is 0.508 e. The first-order valence-electron chi connectivity index (χ1n) is 55.8. The number of hydrogen-bond donors (Lipinski definition) is 5. The molecule has 0 radical (unpaired) electrons. The molecule has 1 unspecified atom stereocenters. The highest BCUT2D eigenvalue weighted by atomic mass is 16.7. The summed E-state index contributed by atoms with van der Waals surface area (Å²) in [4.78, 5) is 137. The van der Waals surface area contributed by atoms with Gasteiger partial charge >= 0.3 is 59.9 Å². The summed E-state index contributed by atoms with van der Waals surface area (Å²) in [5.41, 5.74) is -1.59. The summed E-state index contributed by atoms with van der Waals surface area (Å²) in [5.74, 6) is -10.3. The van der Waals surface area contributed by atoms with Crippen molar-refractivity contribution in [1.82, 2.24) is 14.7 Å². The average Bonchev–Trinajstić information content (AvgIpc) is 0.833. The van der Waals surface area contributed by atoms with E-state index in [4.69, 9.17) is 28.4 Å². The quantitative estimate of drug-likeness (QED) is 0.0214. The number of unbranched alkanes of at least 4 members (excludes halogenated alkanes) is 61. The van der Waals surface area contributed by atoms with Crippen LogP contribution < -0.4 is 0 Å². The van der Waals surface area contributed by atoms with Gasteiger partial charge in [0.05, 0.1) is 63.6 Å². The molecule has 134 heavy (non-hydrogen) atoms. The molecule has 0 rings (SSSR count). The van der Waals surface area contributed by atoms with Crippen LogP contribution in [0.15, 0.2) is 0 Å². The van der Waals surface area contributed by atoms with Crippen molar-refractivity contribution in [3.05, 3.63) is 0 Å². The number of carbonyl (C=O) groups excluding carboxylic acids is 5. The lowest BCUT2D eigenvalue weighted by Crippen LogP contribution is -2.50. The predicted octanol–water partition coefficient (Wildman–Crippen LogP) is 28.2. The van der Waals surface area contributed by atoms with E-state index in [1.54, 1.807) is 0 Å². The minimum absolute atomic E-state index is 0.115. The zero-order valence-corrected chi connectivity index (χ0v) is 86.9. The number of carboxylic acid groups (broad SMARTS) is 5. The van der Waals surface area contributed by atoms with Gasteiger partial charge < -0.3 is 54.0 Å². The summed E-state index contributed by atoms with van der Waals surface area (Å²) >= 11 is 0. The first-order chi connectivity index (χ1) is 65.1. The third-order valence-corrected chi connectivity index (χ3v) is 26.9. The molecule has 0 aromatic heterocycles. The fourth-order valence-electron chi connectivity index (χ4n) is 18.3. The molecule has 0 saturated heterocycles. The largest absolute Gasteiger partial charge is 0.508 e. The van der Waals surface area contributed by atoms with Crippen molar-refractivity contribution in [2.24, 2.45) is 23.2 Å². The van der Waals surface area contributed by atoms with E-state index in [9.17, 15) is 59.1 Å². The number of hydrogen-bond acceptors (Lipinski definition) is 19. The number of esters is 4. The van der Waals surface area contributed by atoms with E-state index >= 15 is 14.4 Å². The zero-order chi connectivity index (χ0) is 98.5. The minimum Gasteiger partial charge on any atom is -0.480 e. The van der Waals surface area contributed by atoms with Crippen LogP contribution in [0.1, 0.15) is 523 Å². The Morgan fingerprint density at radius 1 is 0.231 bits per heavy atom. The summed E-state index contributed by atoms with van der Waals surface area (Å²) in [6.07, 6.45) is 79.5. The van der Waals surface area contributed by atoms with E-state index in [2.05, 4.69) is 41.5 Å². The normalized spacial score (nSPS) is 12.0. The van der Waals surface area contributed by atoms with Crippen LogP contribution in [-0.2, 0) is 71.6 Å². The van der Waals surface area contributed by atoms with Gasteiger partial charge in [0, 0.05) is 26.2 Å². The maximum atomic E-state index is 15.3. The third-order valence-electron chi connectivity index (χ3n) is 26.9. The Morgan fingerprint density at radius 3 is 0.627 bits per heavy atom. The van der Waals surface area contributed by atoms with Crippen molar-refractivity contribution in [2.75, 3.05) is 92.0 Å². The Labute approximate surface area is 816 Å².